The molecule has 4 heterocycles. The van der Waals surface area contributed by atoms with Crippen LogP contribution in [0.25, 0.3) is 5.69 Å². The quantitative estimate of drug-likeness (QED) is 0.576. The lowest BCUT2D eigenvalue weighted by molar-refractivity contribution is 0.197. The summed E-state index contributed by atoms with van der Waals surface area (Å²) in [5, 5.41) is 4.50. The van der Waals surface area contributed by atoms with Crippen molar-refractivity contribution in [1.29, 1.82) is 0 Å². The van der Waals surface area contributed by atoms with E-state index in [2.05, 4.69) is 57.9 Å². The molecule has 2 aliphatic rings. The van der Waals surface area contributed by atoms with E-state index >= 15 is 0 Å². The van der Waals surface area contributed by atoms with Crippen LogP contribution >= 0.6 is 12.2 Å². The predicted molar refractivity (Wildman–Crippen MR) is 127 cm³/mol. The molecule has 0 radical (unpaired) electrons. The molecule has 0 bridgehead atoms. The van der Waals surface area contributed by atoms with Gasteiger partial charge in [0.25, 0.3) is 0 Å². The number of pyridine rings is 2. The fraction of sp³-hybridized carbons (Fsp3) is 0.400. The molecule has 0 amide bonds. The Kier molecular flexibility index (Phi) is 5.48. The van der Waals surface area contributed by atoms with Crippen molar-refractivity contribution in [2.24, 2.45) is 0 Å². The molecule has 160 valence electrons. The maximum absolute atomic E-state index is 5.92. The molecular weight excluding hydrogens is 402 g/mol. The van der Waals surface area contributed by atoms with Crippen LogP contribution in [0, 0.1) is 13.8 Å². The van der Waals surface area contributed by atoms with Crippen molar-refractivity contribution in [3.05, 3.63) is 77.6 Å². The maximum Gasteiger partial charge on any atom is 0.170 e. The molecular formula is C25H29N5S. The normalized spacial score (nSPS) is 22.0. The van der Waals surface area contributed by atoms with Gasteiger partial charge in [0.05, 0.1) is 29.7 Å². The van der Waals surface area contributed by atoms with E-state index in [1.54, 1.807) is 0 Å². The Balaban J connectivity index is 1.62. The fourth-order valence-electron chi connectivity index (χ4n) is 5.42. The number of thiocarbonyl (C=S) groups is 1. The second kappa shape index (κ2) is 8.42. The highest BCUT2D eigenvalue weighted by atomic mass is 32.1. The molecule has 5 nitrogen and oxygen atoms in total. The highest BCUT2D eigenvalue weighted by Gasteiger charge is 2.44. The van der Waals surface area contributed by atoms with E-state index < -0.39 is 0 Å². The summed E-state index contributed by atoms with van der Waals surface area (Å²) in [6.45, 7) is 4.39. The van der Waals surface area contributed by atoms with Gasteiger partial charge in [-0.25, -0.2) is 0 Å². The molecule has 0 unspecified atom stereocenters. The minimum Gasteiger partial charge on any atom is -0.352 e. The molecule has 1 saturated heterocycles. The van der Waals surface area contributed by atoms with Crippen LogP contribution in [0.2, 0.25) is 0 Å². The molecule has 5 rings (SSSR count). The van der Waals surface area contributed by atoms with Crippen molar-refractivity contribution >= 4 is 17.3 Å². The van der Waals surface area contributed by atoms with Crippen LogP contribution < -0.4 is 5.32 Å². The van der Waals surface area contributed by atoms with Gasteiger partial charge in [-0.05, 0) is 74.8 Å². The number of aryl methyl sites for hydroxylation is 1. The van der Waals surface area contributed by atoms with Crippen molar-refractivity contribution < 1.29 is 0 Å². The van der Waals surface area contributed by atoms with E-state index in [0.29, 0.717) is 6.04 Å². The molecule has 1 aliphatic carbocycles. The monoisotopic (exact) mass is 431 g/mol. The third-order valence-electron chi connectivity index (χ3n) is 6.80. The van der Waals surface area contributed by atoms with Crippen LogP contribution in [0.3, 0.4) is 0 Å². The zero-order valence-electron chi connectivity index (χ0n) is 18.2. The second-order valence-corrected chi connectivity index (χ2v) is 9.09. The van der Waals surface area contributed by atoms with Gasteiger partial charge in [-0.1, -0.05) is 25.3 Å². The van der Waals surface area contributed by atoms with E-state index in [1.165, 1.54) is 49.1 Å². The Morgan fingerprint density at radius 2 is 1.87 bits per heavy atom. The third-order valence-corrected chi connectivity index (χ3v) is 7.13. The van der Waals surface area contributed by atoms with Gasteiger partial charge in [-0.15, -0.1) is 0 Å². The topological polar surface area (TPSA) is 46.0 Å². The SMILES string of the molecule is Cc1cc([C@@H]2[C@@H](c3ccccn3)NC(=S)N2C2CCCCC2)c(C)n1-c1cccnc1. The first kappa shape index (κ1) is 20.2. The largest absolute Gasteiger partial charge is 0.352 e. The Morgan fingerprint density at radius 3 is 2.58 bits per heavy atom. The predicted octanol–water partition coefficient (Wildman–Crippen LogP) is 5.19. The number of nitrogens with one attached hydrogen (secondary N) is 1. The molecule has 6 heteroatoms. The number of hydrogen-bond donors (Lipinski definition) is 1. The van der Waals surface area contributed by atoms with Crippen molar-refractivity contribution in [2.45, 2.75) is 64.1 Å². The van der Waals surface area contributed by atoms with Crippen LogP contribution in [-0.2, 0) is 0 Å². The Bertz CT molecular complexity index is 1060. The standard InChI is InChI=1S/C25H29N5S/c1-17-15-21(18(2)29(17)20-11-8-13-26-16-20)24-23(22-12-6-7-14-27-22)28-25(31)30(24)19-9-4-3-5-10-19/h6-8,11-16,19,23-24H,3-5,9-10H2,1-2H3,(H,28,31)/t23-,24-/m1/s1. The van der Waals surface area contributed by atoms with Gasteiger partial charge in [0.2, 0.25) is 0 Å². The lowest BCUT2D eigenvalue weighted by atomic mass is 9.90. The highest BCUT2D eigenvalue weighted by molar-refractivity contribution is 7.80. The summed E-state index contributed by atoms with van der Waals surface area (Å²) < 4.78 is 2.30. The van der Waals surface area contributed by atoms with Gasteiger partial charge in [-0.2, -0.15) is 0 Å². The van der Waals surface area contributed by atoms with Gasteiger partial charge in [0.15, 0.2) is 5.11 Å². The van der Waals surface area contributed by atoms with Crippen molar-refractivity contribution in [2.75, 3.05) is 0 Å². The minimum atomic E-state index is 0.0403. The van der Waals surface area contributed by atoms with Crippen molar-refractivity contribution in [3.8, 4) is 5.69 Å². The summed E-state index contributed by atoms with van der Waals surface area (Å²) in [4.78, 5) is 11.5. The van der Waals surface area contributed by atoms with E-state index in [1.807, 2.05) is 30.7 Å². The van der Waals surface area contributed by atoms with Crippen LogP contribution in [0.15, 0.2) is 55.0 Å². The van der Waals surface area contributed by atoms with E-state index in [0.717, 1.165) is 16.5 Å². The van der Waals surface area contributed by atoms with Gasteiger partial charge >= 0.3 is 0 Å². The van der Waals surface area contributed by atoms with Crippen LogP contribution in [0.4, 0.5) is 0 Å². The maximum atomic E-state index is 5.92. The first-order valence-corrected chi connectivity index (χ1v) is 11.6. The molecule has 1 saturated carbocycles. The summed E-state index contributed by atoms with van der Waals surface area (Å²) in [5.74, 6) is 0. The molecule has 31 heavy (non-hydrogen) atoms. The van der Waals surface area contributed by atoms with E-state index in [4.69, 9.17) is 17.2 Å². The smallest absolute Gasteiger partial charge is 0.170 e. The van der Waals surface area contributed by atoms with Crippen molar-refractivity contribution in [3.63, 3.8) is 0 Å². The number of rotatable bonds is 4. The lowest BCUT2D eigenvalue weighted by Crippen LogP contribution is -2.40. The summed E-state index contributed by atoms with van der Waals surface area (Å²) in [7, 11) is 0. The highest BCUT2D eigenvalue weighted by Crippen LogP contribution is 2.44. The molecule has 1 N–H and O–H groups in total. The molecule has 0 aromatic carbocycles. The third kappa shape index (κ3) is 3.63. The van der Waals surface area contributed by atoms with E-state index in [9.17, 15) is 0 Å². The van der Waals surface area contributed by atoms with Crippen LogP contribution in [-0.4, -0.2) is 30.6 Å². The first-order valence-electron chi connectivity index (χ1n) is 11.2. The second-order valence-electron chi connectivity index (χ2n) is 8.70. The zero-order chi connectivity index (χ0) is 21.4. The Hall–Kier alpha value is -2.73. The molecule has 2 fully saturated rings. The van der Waals surface area contributed by atoms with E-state index in [-0.39, 0.29) is 12.1 Å². The minimum absolute atomic E-state index is 0.0403. The lowest BCUT2D eigenvalue weighted by Gasteiger charge is -2.37. The van der Waals surface area contributed by atoms with Gasteiger partial charge in [0, 0.05) is 29.8 Å². The number of nitrogens with zero attached hydrogens (tertiary/aromatic N) is 4. The average molecular weight is 432 g/mol. The average Bonchev–Trinajstić information content (AvgIpc) is 3.30. The summed E-state index contributed by atoms with van der Waals surface area (Å²) in [5.41, 5.74) is 5.90. The summed E-state index contributed by atoms with van der Waals surface area (Å²) >= 11 is 5.92. The fourth-order valence-corrected chi connectivity index (χ4v) is 5.81. The molecule has 2 atom stereocenters. The Morgan fingerprint density at radius 1 is 1.03 bits per heavy atom. The zero-order valence-corrected chi connectivity index (χ0v) is 19.0. The number of hydrogen-bond acceptors (Lipinski definition) is 3. The summed E-state index contributed by atoms with van der Waals surface area (Å²) in [6, 6.07) is 13.2. The molecule has 0 spiro atoms. The first-order chi connectivity index (χ1) is 15.1. The molecule has 1 aliphatic heterocycles. The number of aromatic nitrogens is 3. The van der Waals surface area contributed by atoms with Gasteiger partial charge in [0.1, 0.15) is 0 Å². The van der Waals surface area contributed by atoms with Crippen LogP contribution in [0.5, 0.6) is 0 Å². The molecule has 3 aromatic heterocycles. The summed E-state index contributed by atoms with van der Waals surface area (Å²) in [6.07, 6.45) is 11.9. The molecule has 3 aromatic rings. The van der Waals surface area contributed by atoms with Gasteiger partial charge < -0.3 is 14.8 Å². The Labute approximate surface area is 189 Å². The van der Waals surface area contributed by atoms with Crippen LogP contribution in [0.1, 0.15) is 66.8 Å². The van der Waals surface area contributed by atoms with Crippen molar-refractivity contribution in [1.82, 2.24) is 24.8 Å². The van der Waals surface area contributed by atoms with Gasteiger partial charge in [-0.3, -0.25) is 9.97 Å².